The van der Waals surface area contributed by atoms with Crippen LogP contribution in [-0.4, -0.2) is 41.8 Å². The highest BCUT2D eigenvalue weighted by atomic mass is 32.2. The standard InChI is InChI=1S/C9H8N2O2.CH4O3S/c12-9(13)7-4-6-2-1-3-10-8(6)11-5-7;1-5(2,3)4/h1-4H,5H2,(H,10,11)(H,12,13);1H3,(H,2,3,4). The summed E-state index contributed by atoms with van der Waals surface area (Å²) in [6.45, 7) is 0.333. The number of hydrogen-bond donors (Lipinski definition) is 3. The van der Waals surface area contributed by atoms with Crippen LogP contribution >= 0.6 is 0 Å². The van der Waals surface area contributed by atoms with E-state index < -0.39 is 16.1 Å². The average Bonchev–Trinajstić information content (AvgIpc) is 2.26. The Morgan fingerprint density at radius 2 is 2.11 bits per heavy atom. The van der Waals surface area contributed by atoms with E-state index in [2.05, 4.69) is 10.3 Å². The predicted molar refractivity (Wildman–Crippen MR) is 65.8 cm³/mol. The molecule has 98 valence electrons. The summed E-state index contributed by atoms with van der Waals surface area (Å²) in [6, 6.07) is 3.61. The van der Waals surface area contributed by atoms with Gasteiger partial charge in [-0.15, -0.1) is 0 Å². The lowest BCUT2D eigenvalue weighted by Gasteiger charge is -2.14. The Labute approximate surface area is 104 Å². The molecule has 0 saturated carbocycles. The van der Waals surface area contributed by atoms with Gasteiger partial charge in [0.2, 0.25) is 0 Å². The van der Waals surface area contributed by atoms with Crippen LogP contribution in [-0.2, 0) is 14.9 Å². The van der Waals surface area contributed by atoms with Crippen molar-refractivity contribution in [3.8, 4) is 0 Å². The summed E-state index contributed by atoms with van der Waals surface area (Å²) >= 11 is 0. The van der Waals surface area contributed by atoms with Gasteiger partial charge in [0, 0.05) is 18.3 Å². The Kier molecular flexibility index (Phi) is 4.40. The first-order chi connectivity index (χ1) is 8.27. The van der Waals surface area contributed by atoms with E-state index in [1.165, 1.54) is 0 Å². The van der Waals surface area contributed by atoms with Crippen LogP contribution < -0.4 is 5.32 Å². The molecule has 1 aliphatic rings. The number of fused-ring (bicyclic) bond motifs is 1. The Morgan fingerprint density at radius 1 is 1.50 bits per heavy atom. The maximum atomic E-state index is 10.6. The van der Waals surface area contributed by atoms with E-state index in [1.54, 1.807) is 18.3 Å². The molecule has 0 bridgehead atoms. The number of aliphatic carboxylic acids is 1. The Balaban J connectivity index is 0.000000280. The van der Waals surface area contributed by atoms with Gasteiger partial charge in [0.25, 0.3) is 10.1 Å². The maximum absolute atomic E-state index is 10.6. The van der Waals surface area contributed by atoms with Crippen LogP contribution in [0.2, 0.25) is 0 Å². The van der Waals surface area contributed by atoms with Gasteiger partial charge >= 0.3 is 5.97 Å². The van der Waals surface area contributed by atoms with Gasteiger partial charge < -0.3 is 10.4 Å². The van der Waals surface area contributed by atoms with Crippen LogP contribution in [0.5, 0.6) is 0 Å². The largest absolute Gasteiger partial charge is 0.478 e. The number of nitrogens with one attached hydrogen (secondary N) is 1. The molecular weight excluding hydrogens is 260 g/mol. The van der Waals surface area contributed by atoms with Crippen molar-refractivity contribution in [1.29, 1.82) is 0 Å². The molecule has 0 amide bonds. The summed E-state index contributed by atoms with van der Waals surface area (Å²) in [5, 5.41) is 11.7. The topological polar surface area (TPSA) is 117 Å². The SMILES string of the molecule is CS(=O)(=O)O.O=C(O)C1=Cc2cccnc2NC1. The zero-order valence-corrected chi connectivity index (χ0v) is 10.3. The van der Waals surface area contributed by atoms with E-state index in [0.717, 1.165) is 11.4 Å². The minimum atomic E-state index is -3.67. The lowest BCUT2D eigenvalue weighted by Crippen LogP contribution is -2.17. The molecule has 1 aliphatic heterocycles. The molecule has 0 radical (unpaired) electrons. The number of rotatable bonds is 1. The van der Waals surface area contributed by atoms with Crippen molar-refractivity contribution in [3.63, 3.8) is 0 Å². The third-order valence-electron chi connectivity index (χ3n) is 1.89. The van der Waals surface area contributed by atoms with Crippen LogP contribution in [0, 0.1) is 0 Å². The van der Waals surface area contributed by atoms with Crippen molar-refractivity contribution in [1.82, 2.24) is 4.98 Å². The van der Waals surface area contributed by atoms with Crippen LogP contribution in [0.1, 0.15) is 5.56 Å². The van der Waals surface area contributed by atoms with Gasteiger partial charge in [0.1, 0.15) is 5.82 Å². The van der Waals surface area contributed by atoms with E-state index in [4.69, 9.17) is 9.66 Å². The molecule has 0 aliphatic carbocycles. The summed E-state index contributed by atoms with van der Waals surface area (Å²) in [5.74, 6) is -0.144. The zero-order valence-electron chi connectivity index (χ0n) is 9.49. The number of carboxylic acids is 1. The number of pyridine rings is 1. The number of hydrogen-bond acceptors (Lipinski definition) is 5. The predicted octanol–water partition coefficient (Wildman–Crippen LogP) is 0.479. The Hall–Kier alpha value is -1.93. The van der Waals surface area contributed by atoms with Crippen molar-refractivity contribution in [2.24, 2.45) is 0 Å². The molecule has 0 atom stereocenters. The fraction of sp³-hybridized carbons (Fsp3) is 0.200. The summed E-state index contributed by atoms with van der Waals surface area (Å²) in [7, 11) is -3.67. The molecule has 0 unspecified atom stereocenters. The summed E-state index contributed by atoms with van der Waals surface area (Å²) < 4.78 is 25.9. The molecule has 18 heavy (non-hydrogen) atoms. The minimum Gasteiger partial charge on any atom is -0.478 e. The molecule has 3 N–H and O–H groups in total. The van der Waals surface area contributed by atoms with Crippen LogP contribution in [0.25, 0.3) is 6.08 Å². The highest BCUT2D eigenvalue weighted by Crippen LogP contribution is 2.20. The average molecular weight is 272 g/mol. The molecule has 0 spiro atoms. The first kappa shape index (κ1) is 14.1. The number of carboxylic acid groups (broad SMARTS) is 1. The van der Waals surface area contributed by atoms with Crippen molar-refractivity contribution in [3.05, 3.63) is 29.5 Å². The van der Waals surface area contributed by atoms with Gasteiger partial charge in [-0.2, -0.15) is 8.42 Å². The summed E-state index contributed by atoms with van der Waals surface area (Å²) in [4.78, 5) is 14.7. The van der Waals surface area contributed by atoms with Gasteiger partial charge in [-0.25, -0.2) is 9.78 Å². The van der Waals surface area contributed by atoms with Crippen molar-refractivity contribution in [2.45, 2.75) is 0 Å². The maximum Gasteiger partial charge on any atom is 0.333 e. The number of aromatic nitrogens is 1. The molecule has 1 aromatic heterocycles. The monoisotopic (exact) mass is 272 g/mol. The van der Waals surface area contributed by atoms with Crippen molar-refractivity contribution in [2.75, 3.05) is 18.1 Å². The molecule has 0 aromatic carbocycles. The highest BCUT2D eigenvalue weighted by Gasteiger charge is 2.14. The lowest BCUT2D eigenvalue weighted by atomic mass is 10.1. The molecule has 0 fully saturated rings. The fourth-order valence-electron chi connectivity index (χ4n) is 1.24. The first-order valence-electron chi connectivity index (χ1n) is 4.82. The van der Waals surface area contributed by atoms with Crippen LogP contribution in [0.3, 0.4) is 0 Å². The molecule has 2 heterocycles. The smallest absolute Gasteiger partial charge is 0.333 e. The molecule has 2 rings (SSSR count). The molecule has 1 aromatic rings. The van der Waals surface area contributed by atoms with E-state index in [-0.39, 0.29) is 0 Å². The van der Waals surface area contributed by atoms with Gasteiger partial charge in [-0.05, 0) is 18.2 Å². The van der Waals surface area contributed by atoms with Crippen molar-refractivity contribution < 1.29 is 22.9 Å². The second-order valence-electron chi connectivity index (χ2n) is 3.50. The normalized spacial score (nSPS) is 13.3. The zero-order chi connectivity index (χ0) is 13.8. The van der Waals surface area contributed by atoms with Gasteiger partial charge in [-0.3, -0.25) is 4.55 Å². The molecule has 8 heteroatoms. The van der Waals surface area contributed by atoms with Gasteiger partial charge in [0.05, 0.1) is 11.8 Å². The Morgan fingerprint density at radius 3 is 2.67 bits per heavy atom. The highest BCUT2D eigenvalue weighted by molar-refractivity contribution is 7.85. The summed E-state index contributed by atoms with van der Waals surface area (Å²) in [5.41, 5.74) is 1.19. The second-order valence-corrected chi connectivity index (χ2v) is 4.97. The number of nitrogens with zero attached hydrogens (tertiary/aromatic N) is 1. The van der Waals surface area contributed by atoms with Gasteiger partial charge in [0.15, 0.2) is 0 Å². The van der Waals surface area contributed by atoms with Crippen molar-refractivity contribution >= 4 is 28.0 Å². The van der Waals surface area contributed by atoms with E-state index in [9.17, 15) is 13.2 Å². The molecule has 0 saturated heterocycles. The number of anilines is 1. The van der Waals surface area contributed by atoms with Gasteiger partial charge in [-0.1, -0.05) is 0 Å². The Bertz CT molecular complexity index is 572. The summed E-state index contributed by atoms with van der Waals surface area (Å²) in [6.07, 6.45) is 4.03. The lowest BCUT2D eigenvalue weighted by molar-refractivity contribution is -0.132. The van der Waals surface area contributed by atoms with Crippen LogP contribution in [0.15, 0.2) is 23.9 Å². The second kappa shape index (κ2) is 5.61. The third-order valence-corrected chi connectivity index (χ3v) is 1.89. The number of carbonyl (C=O) groups is 1. The minimum absolute atomic E-state index is 0.333. The fourth-order valence-corrected chi connectivity index (χ4v) is 1.24. The van der Waals surface area contributed by atoms with E-state index >= 15 is 0 Å². The molecular formula is C10H12N2O5S. The quantitative estimate of drug-likeness (QED) is 0.636. The van der Waals surface area contributed by atoms with E-state index in [1.807, 2.05) is 6.07 Å². The van der Waals surface area contributed by atoms with Crippen LogP contribution in [0.4, 0.5) is 5.82 Å². The first-order valence-corrected chi connectivity index (χ1v) is 6.67. The third kappa shape index (κ3) is 4.93. The van der Waals surface area contributed by atoms with E-state index in [0.29, 0.717) is 18.4 Å². The molecule has 7 nitrogen and oxygen atoms in total.